The van der Waals surface area contributed by atoms with Crippen molar-refractivity contribution < 1.29 is 4.79 Å². The van der Waals surface area contributed by atoms with Crippen molar-refractivity contribution >= 4 is 33.4 Å². The van der Waals surface area contributed by atoms with Crippen LogP contribution in [0.3, 0.4) is 0 Å². The molecule has 0 aliphatic carbocycles. The fourth-order valence-electron chi connectivity index (χ4n) is 6.28. The lowest BCUT2D eigenvalue weighted by Crippen LogP contribution is -2.46. The van der Waals surface area contributed by atoms with E-state index in [0.717, 1.165) is 66.7 Å². The van der Waals surface area contributed by atoms with E-state index in [-0.39, 0.29) is 11.3 Å². The molecule has 3 aromatic carbocycles. The van der Waals surface area contributed by atoms with E-state index in [2.05, 4.69) is 99.6 Å². The first-order chi connectivity index (χ1) is 18.1. The van der Waals surface area contributed by atoms with E-state index in [1.165, 1.54) is 22.0 Å². The predicted molar refractivity (Wildman–Crippen MR) is 150 cm³/mol. The number of aromatic nitrogens is 2. The van der Waals surface area contributed by atoms with Crippen LogP contribution < -0.4 is 5.32 Å². The molecule has 5 nitrogen and oxygen atoms in total. The Kier molecular flexibility index (Phi) is 5.15. The van der Waals surface area contributed by atoms with Crippen LogP contribution in [0.4, 0.5) is 5.69 Å². The zero-order valence-electron chi connectivity index (χ0n) is 21.1. The molecule has 2 aliphatic heterocycles. The normalized spacial score (nSPS) is 16.9. The summed E-state index contributed by atoms with van der Waals surface area (Å²) >= 11 is 0. The lowest BCUT2D eigenvalue weighted by Gasteiger charge is -2.37. The Morgan fingerprint density at radius 2 is 1.76 bits per heavy atom. The van der Waals surface area contributed by atoms with Gasteiger partial charge in [-0.3, -0.25) is 9.78 Å². The zero-order valence-corrected chi connectivity index (χ0v) is 21.1. The van der Waals surface area contributed by atoms with E-state index in [0.29, 0.717) is 0 Å². The minimum atomic E-state index is -0.367. The zero-order chi connectivity index (χ0) is 25.0. The van der Waals surface area contributed by atoms with Gasteiger partial charge in [-0.2, -0.15) is 0 Å². The number of carbonyl (C=O) groups excluding carboxylic acids is 1. The monoisotopic (exact) mass is 486 g/mol. The standard InChI is InChI=1S/C32H30N4O/c1-2-35-16-12-32(13-17-35)27-9-8-24(19-29(27)34-31(32)37)25-7-6-23-11-15-36(30(23)20-25)21-22-5-10-28-26(18-22)4-3-14-33-28/h3-11,14-15,18-20H,2,12-13,16-17,21H2,1H3,(H,34,37). The number of likely N-dealkylation sites (tertiary alicyclic amines) is 1. The summed E-state index contributed by atoms with van der Waals surface area (Å²) in [6, 6.07) is 26.0. The van der Waals surface area contributed by atoms with Crippen LogP contribution in [0.1, 0.15) is 30.9 Å². The molecule has 1 spiro atoms. The lowest BCUT2D eigenvalue weighted by atomic mass is 9.73. The number of nitrogens with one attached hydrogen (secondary N) is 1. The highest BCUT2D eigenvalue weighted by atomic mass is 16.2. The van der Waals surface area contributed by atoms with Gasteiger partial charge in [0, 0.05) is 35.5 Å². The molecule has 0 radical (unpaired) electrons. The summed E-state index contributed by atoms with van der Waals surface area (Å²) in [6.07, 6.45) is 5.78. The van der Waals surface area contributed by atoms with E-state index in [4.69, 9.17) is 0 Å². The maximum Gasteiger partial charge on any atom is 0.235 e. The highest BCUT2D eigenvalue weighted by Gasteiger charge is 2.48. The van der Waals surface area contributed by atoms with Crippen molar-refractivity contribution in [1.82, 2.24) is 14.5 Å². The Hall–Kier alpha value is -3.96. The van der Waals surface area contributed by atoms with E-state index >= 15 is 0 Å². The SMILES string of the molecule is CCN1CCC2(CC1)C(=O)Nc1cc(-c3ccc4ccn(Cc5ccc6ncccc6c5)c4c3)ccc12. The molecule has 5 aromatic rings. The Balaban J connectivity index is 1.21. The van der Waals surface area contributed by atoms with Crippen LogP contribution >= 0.6 is 0 Å². The fourth-order valence-corrected chi connectivity index (χ4v) is 6.28. The summed E-state index contributed by atoms with van der Waals surface area (Å²) in [5.74, 6) is 0.172. The molecule has 184 valence electrons. The summed E-state index contributed by atoms with van der Waals surface area (Å²) in [5, 5.41) is 5.61. The van der Waals surface area contributed by atoms with Gasteiger partial charge in [-0.1, -0.05) is 43.3 Å². The van der Waals surface area contributed by atoms with E-state index in [1.54, 1.807) is 0 Å². The molecule has 0 unspecified atom stereocenters. The molecule has 0 saturated carbocycles. The van der Waals surface area contributed by atoms with E-state index < -0.39 is 0 Å². The van der Waals surface area contributed by atoms with Gasteiger partial charge < -0.3 is 14.8 Å². The molecule has 1 fully saturated rings. The summed E-state index contributed by atoms with van der Waals surface area (Å²) in [4.78, 5) is 20.0. The summed E-state index contributed by atoms with van der Waals surface area (Å²) in [6.45, 7) is 6.00. The number of pyridine rings is 1. The van der Waals surface area contributed by atoms with Crippen molar-refractivity contribution in [3.8, 4) is 11.1 Å². The molecule has 1 saturated heterocycles. The minimum absolute atomic E-state index is 0.172. The number of hydrogen-bond donors (Lipinski definition) is 1. The number of amides is 1. The Labute approximate surface area is 216 Å². The molecule has 5 heteroatoms. The molecule has 2 aromatic heterocycles. The van der Waals surface area contributed by atoms with Gasteiger partial charge >= 0.3 is 0 Å². The average Bonchev–Trinajstić information content (AvgIpc) is 3.46. The molecule has 0 atom stereocenters. The van der Waals surface area contributed by atoms with Gasteiger partial charge in [0.1, 0.15) is 0 Å². The molecule has 37 heavy (non-hydrogen) atoms. The molecular formula is C32H30N4O. The van der Waals surface area contributed by atoms with Gasteiger partial charge in [-0.05, 0) is 96.5 Å². The molecular weight excluding hydrogens is 456 g/mol. The highest BCUT2D eigenvalue weighted by molar-refractivity contribution is 6.07. The largest absolute Gasteiger partial charge is 0.343 e. The molecule has 2 aliphatic rings. The maximum atomic E-state index is 13.2. The van der Waals surface area contributed by atoms with Crippen molar-refractivity contribution in [2.45, 2.75) is 31.7 Å². The first-order valence-electron chi connectivity index (χ1n) is 13.2. The first-order valence-corrected chi connectivity index (χ1v) is 13.2. The van der Waals surface area contributed by atoms with Gasteiger partial charge in [-0.15, -0.1) is 0 Å². The Morgan fingerprint density at radius 3 is 2.62 bits per heavy atom. The van der Waals surface area contributed by atoms with Crippen LogP contribution in [-0.2, 0) is 16.8 Å². The third-order valence-electron chi connectivity index (χ3n) is 8.50. The Morgan fingerprint density at radius 1 is 0.919 bits per heavy atom. The Bertz CT molecular complexity index is 1660. The second kappa shape index (κ2) is 8.56. The number of fused-ring (bicyclic) bond motifs is 4. The number of carbonyl (C=O) groups is 1. The minimum Gasteiger partial charge on any atom is -0.343 e. The molecule has 1 N–H and O–H groups in total. The van der Waals surface area contributed by atoms with Crippen LogP contribution in [-0.4, -0.2) is 40.0 Å². The van der Waals surface area contributed by atoms with Crippen molar-refractivity contribution in [2.75, 3.05) is 25.0 Å². The molecule has 1 amide bonds. The van der Waals surface area contributed by atoms with Crippen molar-refractivity contribution in [1.29, 1.82) is 0 Å². The summed E-state index contributed by atoms with van der Waals surface area (Å²) < 4.78 is 2.31. The van der Waals surface area contributed by atoms with Crippen LogP contribution in [0.5, 0.6) is 0 Å². The number of hydrogen-bond acceptors (Lipinski definition) is 3. The second-order valence-corrected chi connectivity index (χ2v) is 10.5. The van der Waals surface area contributed by atoms with Gasteiger partial charge in [0.15, 0.2) is 0 Å². The highest BCUT2D eigenvalue weighted by Crippen LogP contribution is 2.46. The number of rotatable bonds is 4. The van der Waals surface area contributed by atoms with Crippen LogP contribution in [0, 0.1) is 0 Å². The third-order valence-corrected chi connectivity index (χ3v) is 8.50. The van der Waals surface area contributed by atoms with Crippen LogP contribution in [0.15, 0.2) is 85.2 Å². The summed E-state index contributed by atoms with van der Waals surface area (Å²) in [5.41, 5.74) is 7.56. The maximum absolute atomic E-state index is 13.2. The van der Waals surface area contributed by atoms with E-state index in [1.807, 2.05) is 12.3 Å². The average molecular weight is 487 g/mol. The number of benzene rings is 3. The third kappa shape index (κ3) is 3.65. The van der Waals surface area contributed by atoms with E-state index in [9.17, 15) is 4.79 Å². The van der Waals surface area contributed by atoms with Crippen molar-refractivity contribution in [2.24, 2.45) is 0 Å². The molecule has 7 rings (SSSR count). The molecule has 0 bridgehead atoms. The summed E-state index contributed by atoms with van der Waals surface area (Å²) in [7, 11) is 0. The quantitative estimate of drug-likeness (QED) is 0.329. The van der Waals surface area contributed by atoms with Crippen LogP contribution in [0.2, 0.25) is 0 Å². The first kappa shape index (κ1) is 22.3. The topological polar surface area (TPSA) is 50.2 Å². The van der Waals surface area contributed by atoms with Gasteiger partial charge in [0.25, 0.3) is 0 Å². The smallest absolute Gasteiger partial charge is 0.235 e. The van der Waals surface area contributed by atoms with Crippen molar-refractivity contribution in [3.05, 3.63) is 96.3 Å². The van der Waals surface area contributed by atoms with Crippen LogP contribution in [0.25, 0.3) is 32.9 Å². The van der Waals surface area contributed by atoms with Gasteiger partial charge in [0.05, 0.1) is 10.9 Å². The predicted octanol–water partition coefficient (Wildman–Crippen LogP) is 6.21. The van der Waals surface area contributed by atoms with Crippen molar-refractivity contribution in [3.63, 3.8) is 0 Å². The fraction of sp³-hybridized carbons (Fsp3) is 0.250. The number of nitrogens with zero attached hydrogens (tertiary/aromatic N) is 3. The lowest BCUT2D eigenvalue weighted by molar-refractivity contribution is -0.122. The molecule has 4 heterocycles. The second-order valence-electron chi connectivity index (χ2n) is 10.5. The number of piperidine rings is 1. The number of anilines is 1. The van der Waals surface area contributed by atoms with Gasteiger partial charge in [-0.25, -0.2) is 0 Å². The van der Waals surface area contributed by atoms with Gasteiger partial charge in [0.2, 0.25) is 5.91 Å².